The van der Waals surface area contributed by atoms with Gasteiger partial charge in [-0.15, -0.1) is 11.3 Å². The fourth-order valence-electron chi connectivity index (χ4n) is 2.39. The molecule has 0 unspecified atom stereocenters. The molecule has 6 heteroatoms. The number of hydrogen-bond donors (Lipinski definition) is 1. The maximum atomic E-state index is 12.0. The molecular weight excluding hydrogens is 338 g/mol. The maximum Gasteiger partial charge on any atom is 0.222 e. The Morgan fingerprint density at radius 1 is 1.35 bits per heavy atom. The fourth-order valence-corrected chi connectivity index (χ4v) is 3.91. The Balaban J connectivity index is 1.70. The van der Waals surface area contributed by atoms with E-state index in [0.29, 0.717) is 12.3 Å². The highest BCUT2D eigenvalue weighted by molar-refractivity contribution is 9.11. The smallest absolute Gasteiger partial charge is 0.222 e. The summed E-state index contributed by atoms with van der Waals surface area (Å²) >= 11 is 5.29. The van der Waals surface area contributed by atoms with Gasteiger partial charge in [0.15, 0.2) is 0 Å². The molecule has 0 aliphatic carbocycles. The normalized spacial score (nSPS) is 16.6. The standard InChI is InChI=1S/C14H22BrN3OS/c1-16-6-2-3-14(19)18-9-7-17(8-10-18)11-12-4-5-13(15)20-12/h4-5,16H,2-3,6-11H2,1H3. The van der Waals surface area contributed by atoms with Crippen molar-refractivity contribution in [1.82, 2.24) is 15.1 Å². The zero-order valence-electron chi connectivity index (χ0n) is 11.9. The van der Waals surface area contributed by atoms with E-state index in [1.807, 2.05) is 11.9 Å². The molecule has 0 aromatic carbocycles. The zero-order chi connectivity index (χ0) is 14.4. The van der Waals surface area contributed by atoms with Gasteiger partial charge in [0, 0.05) is 44.0 Å². The van der Waals surface area contributed by atoms with Crippen molar-refractivity contribution in [2.24, 2.45) is 0 Å². The molecule has 1 aliphatic rings. The number of halogens is 1. The monoisotopic (exact) mass is 359 g/mol. The van der Waals surface area contributed by atoms with E-state index in [9.17, 15) is 4.79 Å². The van der Waals surface area contributed by atoms with Crippen LogP contribution in [0.1, 0.15) is 17.7 Å². The van der Waals surface area contributed by atoms with Gasteiger partial charge in [-0.3, -0.25) is 9.69 Å². The molecule has 0 saturated carbocycles. The fraction of sp³-hybridized carbons (Fsp3) is 0.643. The summed E-state index contributed by atoms with van der Waals surface area (Å²) < 4.78 is 1.19. The lowest BCUT2D eigenvalue weighted by molar-refractivity contribution is -0.133. The van der Waals surface area contributed by atoms with Crippen LogP contribution in [0.5, 0.6) is 0 Å². The third kappa shape index (κ3) is 4.84. The first-order valence-electron chi connectivity index (χ1n) is 7.08. The molecule has 0 radical (unpaired) electrons. The van der Waals surface area contributed by atoms with Crippen LogP contribution < -0.4 is 5.32 Å². The molecular formula is C14H22BrN3OS. The maximum absolute atomic E-state index is 12.0. The molecule has 1 saturated heterocycles. The number of carbonyl (C=O) groups excluding carboxylic acids is 1. The number of rotatable bonds is 6. The molecule has 2 rings (SSSR count). The number of carbonyl (C=O) groups is 1. The van der Waals surface area contributed by atoms with Crippen molar-refractivity contribution < 1.29 is 4.79 Å². The lowest BCUT2D eigenvalue weighted by Crippen LogP contribution is -2.48. The van der Waals surface area contributed by atoms with Crippen LogP contribution in [0.4, 0.5) is 0 Å². The molecule has 1 aromatic heterocycles. The average Bonchev–Trinajstić information content (AvgIpc) is 2.85. The summed E-state index contributed by atoms with van der Waals surface area (Å²) in [4.78, 5) is 17.8. The number of nitrogens with zero attached hydrogens (tertiary/aromatic N) is 2. The number of hydrogen-bond acceptors (Lipinski definition) is 4. The van der Waals surface area contributed by atoms with Gasteiger partial charge in [-0.1, -0.05) is 0 Å². The Morgan fingerprint density at radius 3 is 2.70 bits per heavy atom. The minimum atomic E-state index is 0.304. The molecule has 112 valence electrons. The molecule has 4 nitrogen and oxygen atoms in total. The van der Waals surface area contributed by atoms with Crippen LogP contribution in [0, 0.1) is 0 Å². The SMILES string of the molecule is CNCCCC(=O)N1CCN(Cc2ccc(Br)s2)CC1. The first-order chi connectivity index (χ1) is 9.69. The van der Waals surface area contributed by atoms with E-state index in [2.05, 4.69) is 38.3 Å². The van der Waals surface area contributed by atoms with Crippen molar-refractivity contribution in [2.45, 2.75) is 19.4 Å². The largest absolute Gasteiger partial charge is 0.340 e. The van der Waals surface area contributed by atoms with Crippen molar-refractivity contribution in [3.63, 3.8) is 0 Å². The van der Waals surface area contributed by atoms with Gasteiger partial charge in [0.05, 0.1) is 3.79 Å². The summed E-state index contributed by atoms with van der Waals surface area (Å²) in [6.45, 7) is 5.60. The van der Waals surface area contributed by atoms with Crippen molar-refractivity contribution >= 4 is 33.2 Å². The summed E-state index contributed by atoms with van der Waals surface area (Å²) in [5.41, 5.74) is 0. The minimum absolute atomic E-state index is 0.304. The van der Waals surface area contributed by atoms with E-state index < -0.39 is 0 Å². The first kappa shape index (κ1) is 15.9. The molecule has 0 spiro atoms. The van der Waals surface area contributed by atoms with Crippen molar-refractivity contribution in [1.29, 1.82) is 0 Å². The Kier molecular flexibility index (Phi) is 6.48. The number of piperazine rings is 1. The van der Waals surface area contributed by atoms with Gasteiger partial charge in [-0.05, 0) is 48.1 Å². The van der Waals surface area contributed by atoms with Crippen LogP contribution in [-0.4, -0.2) is 55.5 Å². The second kappa shape index (κ2) is 8.12. The van der Waals surface area contributed by atoms with E-state index in [-0.39, 0.29) is 0 Å². The number of amides is 1. The van der Waals surface area contributed by atoms with Gasteiger partial charge >= 0.3 is 0 Å². The molecule has 0 bridgehead atoms. The zero-order valence-corrected chi connectivity index (χ0v) is 14.3. The predicted octanol–water partition coefficient (Wildman–Crippen LogP) is 2.15. The Morgan fingerprint density at radius 2 is 2.10 bits per heavy atom. The minimum Gasteiger partial charge on any atom is -0.340 e. The van der Waals surface area contributed by atoms with Gasteiger partial charge in [0.1, 0.15) is 0 Å². The summed E-state index contributed by atoms with van der Waals surface area (Å²) in [5, 5.41) is 3.08. The average molecular weight is 360 g/mol. The van der Waals surface area contributed by atoms with E-state index in [4.69, 9.17) is 0 Å². The van der Waals surface area contributed by atoms with Gasteiger partial charge in [-0.25, -0.2) is 0 Å². The highest BCUT2D eigenvalue weighted by atomic mass is 79.9. The van der Waals surface area contributed by atoms with Gasteiger partial charge in [0.25, 0.3) is 0 Å². The quantitative estimate of drug-likeness (QED) is 0.790. The van der Waals surface area contributed by atoms with Crippen LogP contribution in [0.2, 0.25) is 0 Å². The number of nitrogens with one attached hydrogen (secondary N) is 1. The third-order valence-corrected chi connectivity index (χ3v) is 5.16. The molecule has 1 amide bonds. The molecule has 20 heavy (non-hydrogen) atoms. The van der Waals surface area contributed by atoms with E-state index in [1.165, 1.54) is 8.66 Å². The second-order valence-electron chi connectivity index (χ2n) is 5.07. The van der Waals surface area contributed by atoms with E-state index in [1.54, 1.807) is 11.3 Å². The van der Waals surface area contributed by atoms with Gasteiger partial charge < -0.3 is 10.2 Å². The molecule has 1 fully saturated rings. The Labute approximate surface area is 133 Å². The van der Waals surface area contributed by atoms with Crippen molar-refractivity contribution in [3.05, 3.63) is 20.8 Å². The Hall–Kier alpha value is -0.430. The highest BCUT2D eigenvalue weighted by Crippen LogP contribution is 2.23. The van der Waals surface area contributed by atoms with Crippen LogP contribution in [-0.2, 0) is 11.3 Å². The molecule has 1 aliphatic heterocycles. The van der Waals surface area contributed by atoms with Crippen LogP contribution in [0.15, 0.2) is 15.9 Å². The second-order valence-corrected chi connectivity index (χ2v) is 7.62. The predicted molar refractivity (Wildman–Crippen MR) is 87.0 cm³/mol. The van der Waals surface area contributed by atoms with Crippen molar-refractivity contribution in [2.75, 3.05) is 39.8 Å². The lowest BCUT2D eigenvalue weighted by Gasteiger charge is -2.34. The summed E-state index contributed by atoms with van der Waals surface area (Å²) in [6.07, 6.45) is 1.59. The summed E-state index contributed by atoms with van der Waals surface area (Å²) in [5.74, 6) is 0.304. The van der Waals surface area contributed by atoms with Gasteiger partial charge in [0.2, 0.25) is 5.91 Å². The first-order valence-corrected chi connectivity index (χ1v) is 8.69. The Bertz CT molecular complexity index is 430. The summed E-state index contributed by atoms with van der Waals surface area (Å²) in [6, 6.07) is 4.27. The number of thiophene rings is 1. The van der Waals surface area contributed by atoms with Crippen LogP contribution in [0.25, 0.3) is 0 Å². The molecule has 0 atom stereocenters. The molecule has 1 aromatic rings. The van der Waals surface area contributed by atoms with Crippen LogP contribution in [0.3, 0.4) is 0 Å². The topological polar surface area (TPSA) is 35.6 Å². The third-order valence-electron chi connectivity index (χ3n) is 3.55. The molecule has 2 heterocycles. The lowest BCUT2D eigenvalue weighted by atomic mass is 10.2. The van der Waals surface area contributed by atoms with Crippen LogP contribution >= 0.6 is 27.3 Å². The highest BCUT2D eigenvalue weighted by Gasteiger charge is 2.20. The summed E-state index contributed by atoms with van der Waals surface area (Å²) in [7, 11) is 1.92. The molecule has 1 N–H and O–H groups in total. The van der Waals surface area contributed by atoms with Crippen molar-refractivity contribution in [3.8, 4) is 0 Å². The van der Waals surface area contributed by atoms with E-state index >= 15 is 0 Å². The van der Waals surface area contributed by atoms with Gasteiger partial charge in [-0.2, -0.15) is 0 Å². The van der Waals surface area contributed by atoms with E-state index in [0.717, 1.165) is 45.7 Å².